The van der Waals surface area contributed by atoms with E-state index in [1.54, 1.807) is 0 Å². The first-order chi connectivity index (χ1) is 11.3. The molecule has 0 radical (unpaired) electrons. The lowest BCUT2D eigenvalue weighted by Gasteiger charge is -2.33. The maximum Gasteiger partial charge on any atom is 0.191 e. The van der Waals surface area contributed by atoms with Crippen LogP contribution in [0.15, 0.2) is 35.3 Å². The molecule has 2 unspecified atom stereocenters. The summed E-state index contributed by atoms with van der Waals surface area (Å²) < 4.78 is 0. The van der Waals surface area contributed by atoms with E-state index in [0.717, 1.165) is 12.0 Å². The molecule has 4 rings (SSSR count). The molecule has 23 heavy (non-hydrogen) atoms. The van der Waals surface area contributed by atoms with Gasteiger partial charge in [0.25, 0.3) is 0 Å². The van der Waals surface area contributed by atoms with E-state index < -0.39 is 0 Å². The second-order valence-corrected chi connectivity index (χ2v) is 7.26. The van der Waals surface area contributed by atoms with Crippen LogP contribution >= 0.6 is 0 Å². The van der Waals surface area contributed by atoms with E-state index in [4.69, 9.17) is 0 Å². The highest BCUT2D eigenvalue weighted by molar-refractivity contribution is 5.80. The summed E-state index contributed by atoms with van der Waals surface area (Å²) >= 11 is 0. The average molecular weight is 312 g/mol. The highest BCUT2D eigenvalue weighted by atomic mass is 15.2. The van der Waals surface area contributed by atoms with Gasteiger partial charge in [-0.2, -0.15) is 0 Å². The summed E-state index contributed by atoms with van der Waals surface area (Å²) in [6, 6.07) is 12.8. The lowest BCUT2D eigenvalue weighted by atomic mass is 10.1. The Hall–Kier alpha value is -1.55. The first kappa shape index (κ1) is 15.0. The number of hydrogen-bond donors (Lipinski definition) is 2. The number of piperidine rings is 1. The van der Waals surface area contributed by atoms with Crippen molar-refractivity contribution in [3.8, 4) is 0 Å². The number of nitrogens with zero attached hydrogens (tertiary/aromatic N) is 2. The van der Waals surface area contributed by atoms with Gasteiger partial charge in [0.1, 0.15) is 0 Å². The minimum Gasteiger partial charge on any atom is -0.354 e. The van der Waals surface area contributed by atoms with Crippen molar-refractivity contribution in [2.45, 2.75) is 56.1 Å². The molecule has 1 aromatic rings. The second kappa shape index (κ2) is 6.52. The molecule has 4 heteroatoms. The van der Waals surface area contributed by atoms with E-state index in [-0.39, 0.29) is 0 Å². The van der Waals surface area contributed by atoms with Crippen LogP contribution in [-0.4, -0.2) is 49.1 Å². The first-order valence-corrected chi connectivity index (χ1v) is 9.12. The molecule has 2 N–H and O–H groups in total. The number of guanidine groups is 1. The predicted molar refractivity (Wildman–Crippen MR) is 94.8 cm³/mol. The first-order valence-electron chi connectivity index (χ1n) is 9.12. The Morgan fingerprint density at radius 3 is 2.43 bits per heavy atom. The van der Waals surface area contributed by atoms with Gasteiger partial charge in [-0.1, -0.05) is 30.3 Å². The zero-order valence-electron chi connectivity index (χ0n) is 14.0. The standard InChI is InChI=1S/C19H28N4/c1-20-19(21-15-9-11-23(12-10-15)16-7-8-16)22-18-13-17(18)14-5-3-2-4-6-14/h2-6,15-18H,7-13H2,1H3,(H2,20,21,22). The van der Waals surface area contributed by atoms with Gasteiger partial charge in [-0.3, -0.25) is 4.99 Å². The Kier molecular flexibility index (Phi) is 4.25. The van der Waals surface area contributed by atoms with Gasteiger partial charge in [-0.05, 0) is 37.7 Å². The van der Waals surface area contributed by atoms with Crippen molar-refractivity contribution in [2.24, 2.45) is 4.99 Å². The number of aliphatic imine (C=N–C) groups is 1. The Morgan fingerprint density at radius 1 is 1.04 bits per heavy atom. The topological polar surface area (TPSA) is 39.7 Å². The van der Waals surface area contributed by atoms with E-state index in [0.29, 0.717) is 18.0 Å². The molecule has 1 saturated heterocycles. The van der Waals surface area contributed by atoms with Crippen LogP contribution in [0.3, 0.4) is 0 Å². The summed E-state index contributed by atoms with van der Waals surface area (Å²) in [5.41, 5.74) is 1.44. The third kappa shape index (κ3) is 3.69. The van der Waals surface area contributed by atoms with Crippen LogP contribution in [0.1, 0.15) is 43.6 Å². The number of nitrogens with one attached hydrogen (secondary N) is 2. The van der Waals surface area contributed by atoms with Gasteiger partial charge in [-0.15, -0.1) is 0 Å². The van der Waals surface area contributed by atoms with E-state index >= 15 is 0 Å². The summed E-state index contributed by atoms with van der Waals surface area (Å²) in [5.74, 6) is 1.63. The number of likely N-dealkylation sites (tertiary alicyclic amines) is 1. The van der Waals surface area contributed by atoms with Crippen LogP contribution in [0.25, 0.3) is 0 Å². The Labute approximate surface area is 139 Å². The van der Waals surface area contributed by atoms with Gasteiger partial charge >= 0.3 is 0 Å². The zero-order chi connectivity index (χ0) is 15.6. The molecule has 0 spiro atoms. The highest BCUT2D eigenvalue weighted by Crippen LogP contribution is 2.40. The van der Waals surface area contributed by atoms with Crippen molar-refractivity contribution < 1.29 is 0 Å². The van der Waals surface area contributed by atoms with Crippen LogP contribution in [0.2, 0.25) is 0 Å². The normalized spacial score (nSPS) is 29.3. The van der Waals surface area contributed by atoms with E-state index in [1.807, 2.05) is 7.05 Å². The Bertz CT molecular complexity index is 544. The number of rotatable bonds is 4. The molecule has 2 aliphatic carbocycles. The van der Waals surface area contributed by atoms with Crippen molar-refractivity contribution >= 4 is 5.96 Å². The molecule has 0 bridgehead atoms. The van der Waals surface area contributed by atoms with Gasteiger partial charge < -0.3 is 15.5 Å². The second-order valence-electron chi connectivity index (χ2n) is 7.26. The Morgan fingerprint density at radius 2 is 1.78 bits per heavy atom. The van der Waals surface area contributed by atoms with Crippen molar-refractivity contribution in [3.63, 3.8) is 0 Å². The Balaban J connectivity index is 1.24. The van der Waals surface area contributed by atoms with Crippen LogP contribution in [0.5, 0.6) is 0 Å². The molecule has 0 aromatic heterocycles. The number of hydrogen-bond acceptors (Lipinski definition) is 2. The molecule has 1 aromatic carbocycles. The molecule has 0 amide bonds. The maximum atomic E-state index is 4.44. The SMILES string of the molecule is CN=C(NC1CCN(C2CC2)CC1)NC1CC1c1ccccc1. The molecule has 4 nitrogen and oxygen atoms in total. The molecule has 2 atom stereocenters. The summed E-state index contributed by atoms with van der Waals surface area (Å²) in [4.78, 5) is 7.11. The zero-order valence-corrected chi connectivity index (χ0v) is 14.0. The smallest absolute Gasteiger partial charge is 0.191 e. The van der Waals surface area contributed by atoms with Gasteiger partial charge in [0.05, 0.1) is 0 Å². The van der Waals surface area contributed by atoms with Crippen molar-refractivity contribution in [1.82, 2.24) is 15.5 Å². The molecule has 1 aliphatic heterocycles. The third-order valence-electron chi connectivity index (χ3n) is 5.50. The van der Waals surface area contributed by atoms with Crippen LogP contribution in [0.4, 0.5) is 0 Å². The summed E-state index contributed by atoms with van der Waals surface area (Å²) in [6.07, 6.45) is 6.53. The molecular formula is C19H28N4. The molecule has 3 aliphatic rings. The average Bonchev–Trinajstić information content (AvgIpc) is 3.50. The lowest BCUT2D eigenvalue weighted by molar-refractivity contribution is 0.197. The fraction of sp³-hybridized carbons (Fsp3) is 0.632. The number of benzene rings is 1. The summed E-state index contributed by atoms with van der Waals surface area (Å²) in [7, 11) is 1.88. The highest BCUT2D eigenvalue weighted by Gasteiger charge is 2.39. The van der Waals surface area contributed by atoms with E-state index in [1.165, 1.54) is 50.8 Å². The van der Waals surface area contributed by atoms with Crippen LogP contribution in [0, 0.1) is 0 Å². The largest absolute Gasteiger partial charge is 0.354 e. The van der Waals surface area contributed by atoms with Crippen molar-refractivity contribution in [2.75, 3.05) is 20.1 Å². The minimum atomic E-state index is 0.537. The monoisotopic (exact) mass is 312 g/mol. The van der Waals surface area contributed by atoms with Crippen LogP contribution in [-0.2, 0) is 0 Å². The molecular weight excluding hydrogens is 284 g/mol. The maximum absolute atomic E-state index is 4.44. The molecule has 124 valence electrons. The van der Waals surface area contributed by atoms with Gasteiger partial charge in [0, 0.05) is 44.2 Å². The quantitative estimate of drug-likeness (QED) is 0.662. The predicted octanol–water partition coefficient (Wildman–Crippen LogP) is 2.33. The van der Waals surface area contributed by atoms with Crippen molar-refractivity contribution in [3.05, 3.63) is 35.9 Å². The van der Waals surface area contributed by atoms with Gasteiger partial charge in [-0.25, -0.2) is 0 Å². The molecule has 3 fully saturated rings. The van der Waals surface area contributed by atoms with E-state index in [9.17, 15) is 0 Å². The fourth-order valence-electron chi connectivity index (χ4n) is 3.81. The van der Waals surface area contributed by atoms with Gasteiger partial charge in [0.15, 0.2) is 5.96 Å². The van der Waals surface area contributed by atoms with E-state index in [2.05, 4.69) is 50.9 Å². The van der Waals surface area contributed by atoms with Crippen molar-refractivity contribution in [1.29, 1.82) is 0 Å². The third-order valence-corrected chi connectivity index (χ3v) is 5.50. The minimum absolute atomic E-state index is 0.537. The fourth-order valence-corrected chi connectivity index (χ4v) is 3.81. The van der Waals surface area contributed by atoms with Gasteiger partial charge in [0.2, 0.25) is 0 Å². The van der Waals surface area contributed by atoms with Crippen LogP contribution < -0.4 is 10.6 Å². The lowest BCUT2D eigenvalue weighted by Crippen LogP contribution is -2.49. The molecule has 1 heterocycles. The molecule has 2 saturated carbocycles. The summed E-state index contributed by atoms with van der Waals surface area (Å²) in [5, 5.41) is 7.25. The summed E-state index contributed by atoms with van der Waals surface area (Å²) in [6.45, 7) is 2.49.